The molecule has 0 aliphatic rings. The first-order chi connectivity index (χ1) is 14.8. The minimum absolute atomic E-state index is 0.0616. The third kappa shape index (κ3) is 3.75. The summed E-state index contributed by atoms with van der Waals surface area (Å²) in [6.07, 6.45) is 0. The van der Waals surface area contributed by atoms with Crippen LogP contribution in [0.2, 0.25) is 0 Å². The van der Waals surface area contributed by atoms with E-state index >= 15 is 0 Å². The van der Waals surface area contributed by atoms with Crippen molar-refractivity contribution in [3.05, 3.63) is 100 Å². The number of halogens is 1. The maximum absolute atomic E-state index is 14.3. The van der Waals surface area contributed by atoms with Gasteiger partial charge < -0.3 is 4.42 Å². The number of carbonyl (C=O) groups excluding carboxylic acids is 1. The number of oxazole rings is 1. The van der Waals surface area contributed by atoms with E-state index in [4.69, 9.17) is 4.42 Å². The third-order valence-corrected chi connectivity index (χ3v) is 6.58. The zero-order valence-corrected chi connectivity index (χ0v) is 17.2. The number of sulfonamides is 1. The average molecular weight is 440 g/mol. The van der Waals surface area contributed by atoms with Crippen LogP contribution < -0.4 is 5.76 Å². The molecule has 0 saturated heterocycles. The summed E-state index contributed by atoms with van der Waals surface area (Å²) in [7, 11) is -2.92. The van der Waals surface area contributed by atoms with Crippen molar-refractivity contribution in [3.8, 4) is 0 Å². The Morgan fingerprint density at radius 3 is 2.42 bits per heavy atom. The number of aryl methyl sites for hydroxylation is 1. The molecule has 0 spiro atoms. The van der Waals surface area contributed by atoms with E-state index in [0.29, 0.717) is 15.4 Å². The summed E-state index contributed by atoms with van der Waals surface area (Å²) in [5, 5.41) is 0. The van der Waals surface area contributed by atoms with Gasteiger partial charge in [0.25, 0.3) is 15.9 Å². The van der Waals surface area contributed by atoms with Gasteiger partial charge in [-0.2, -0.15) is 0 Å². The van der Waals surface area contributed by atoms with Gasteiger partial charge in [0.05, 0.1) is 22.5 Å². The summed E-state index contributed by atoms with van der Waals surface area (Å²) in [6, 6.07) is 17.5. The second-order valence-corrected chi connectivity index (χ2v) is 8.70. The topological polar surface area (TPSA) is 89.6 Å². The van der Waals surface area contributed by atoms with Crippen molar-refractivity contribution in [2.24, 2.45) is 7.05 Å². The summed E-state index contributed by atoms with van der Waals surface area (Å²) in [4.78, 5) is 24.6. The lowest BCUT2D eigenvalue weighted by molar-refractivity contribution is 0.0850. The maximum atomic E-state index is 14.3. The van der Waals surface area contributed by atoms with Crippen molar-refractivity contribution in [3.63, 3.8) is 0 Å². The molecule has 0 fully saturated rings. The molecule has 4 rings (SSSR count). The number of aromatic nitrogens is 1. The van der Waals surface area contributed by atoms with Crippen LogP contribution in [0.5, 0.6) is 0 Å². The molecule has 7 nitrogen and oxygen atoms in total. The molecule has 1 aromatic heterocycles. The fraction of sp³-hybridized carbons (Fsp3) is 0.0909. The molecular formula is C22H17FN2O5S. The molecule has 0 saturated carbocycles. The second kappa shape index (κ2) is 7.84. The molecule has 3 aromatic carbocycles. The van der Waals surface area contributed by atoms with Gasteiger partial charge in [-0.15, -0.1) is 0 Å². The fourth-order valence-electron chi connectivity index (χ4n) is 3.19. The molecule has 1 heterocycles. The van der Waals surface area contributed by atoms with Crippen LogP contribution in [0.25, 0.3) is 11.1 Å². The van der Waals surface area contributed by atoms with Gasteiger partial charge in [-0.05, 0) is 29.8 Å². The van der Waals surface area contributed by atoms with E-state index in [-0.39, 0.29) is 22.6 Å². The predicted octanol–water partition coefficient (Wildman–Crippen LogP) is 3.30. The molecular weight excluding hydrogens is 423 g/mol. The first kappa shape index (κ1) is 20.5. The van der Waals surface area contributed by atoms with Crippen molar-refractivity contribution >= 4 is 27.0 Å². The highest BCUT2D eigenvalue weighted by atomic mass is 32.2. The first-order valence-corrected chi connectivity index (χ1v) is 10.7. The van der Waals surface area contributed by atoms with E-state index in [1.165, 1.54) is 48.0 Å². The van der Waals surface area contributed by atoms with Gasteiger partial charge >= 0.3 is 5.76 Å². The summed E-state index contributed by atoms with van der Waals surface area (Å²) in [5.74, 6) is -2.48. The van der Waals surface area contributed by atoms with Crippen molar-refractivity contribution in [2.75, 3.05) is 0 Å². The molecule has 4 aromatic rings. The largest absolute Gasteiger partial charge is 0.419 e. The van der Waals surface area contributed by atoms with Gasteiger partial charge in [0, 0.05) is 13.1 Å². The number of hydrogen-bond acceptors (Lipinski definition) is 5. The Morgan fingerprint density at radius 2 is 1.71 bits per heavy atom. The minimum atomic E-state index is -4.41. The highest BCUT2D eigenvalue weighted by molar-refractivity contribution is 7.89. The zero-order valence-electron chi connectivity index (χ0n) is 16.4. The smallest absolute Gasteiger partial charge is 0.408 e. The SMILES string of the molecule is Cn1c(=O)oc2cc(S(=O)(=O)N(Cc3ccccc3)C(=O)c3ccccc3F)ccc21. The lowest BCUT2D eigenvalue weighted by atomic mass is 10.2. The zero-order chi connectivity index (χ0) is 22.2. The lowest BCUT2D eigenvalue weighted by Crippen LogP contribution is -2.37. The van der Waals surface area contributed by atoms with Crippen molar-refractivity contribution < 1.29 is 22.0 Å². The predicted molar refractivity (Wildman–Crippen MR) is 111 cm³/mol. The van der Waals surface area contributed by atoms with Gasteiger partial charge in [0.2, 0.25) is 0 Å². The van der Waals surface area contributed by atoms with Crippen LogP contribution in [-0.2, 0) is 23.6 Å². The van der Waals surface area contributed by atoms with Crippen LogP contribution in [-0.4, -0.2) is 23.2 Å². The Kier molecular flexibility index (Phi) is 5.20. The highest BCUT2D eigenvalue weighted by Crippen LogP contribution is 2.25. The number of carbonyl (C=O) groups is 1. The van der Waals surface area contributed by atoms with Gasteiger partial charge in [0.15, 0.2) is 5.58 Å². The Morgan fingerprint density at radius 1 is 1.03 bits per heavy atom. The number of benzene rings is 3. The third-order valence-electron chi connectivity index (χ3n) is 4.85. The molecule has 0 unspecified atom stereocenters. The van der Waals surface area contributed by atoms with E-state index in [1.807, 2.05) is 0 Å². The number of hydrogen-bond donors (Lipinski definition) is 0. The van der Waals surface area contributed by atoms with Crippen LogP contribution in [0, 0.1) is 5.82 Å². The number of nitrogens with zero attached hydrogens (tertiary/aromatic N) is 2. The molecule has 158 valence electrons. The van der Waals surface area contributed by atoms with Crippen molar-refractivity contribution in [1.82, 2.24) is 8.87 Å². The second-order valence-electron chi connectivity index (χ2n) is 6.84. The van der Waals surface area contributed by atoms with Crippen LogP contribution in [0.4, 0.5) is 4.39 Å². The summed E-state index contributed by atoms with van der Waals surface area (Å²) < 4.78 is 48.1. The molecule has 0 aliphatic heterocycles. The van der Waals surface area contributed by atoms with E-state index in [0.717, 1.165) is 6.07 Å². The fourth-order valence-corrected chi connectivity index (χ4v) is 4.57. The molecule has 0 atom stereocenters. The maximum Gasteiger partial charge on any atom is 0.419 e. The molecule has 0 N–H and O–H groups in total. The van der Waals surface area contributed by atoms with Gasteiger partial charge in [-0.3, -0.25) is 9.36 Å². The Labute approximate surface area is 177 Å². The van der Waals surface area contributed by atoms with E-state index in [2.05, 4.69) is 0 Å². The summed E-state index contributed by atoms with van der Waals surface area (Å²) >= 11 is 0. The van der Waals surface area contributed by atoms with Crippen LogP contribution in [0.3, 0.4) is 0 Å². The Balaban J connectivity index is 1.84. The number of rotatable bonds is 5. The summed E-state index contributed by atoms with van der Waals surface area (Å²) in [6.45, 7) is -0.298. The first-order valence-electron chi connectivity index (χ1n) is 9.24. The van der Waals surface area contributed by atoms with Gasteiger partial charge in [-0.1, -0.05) is 42.5 Å². The highest BCUT2D eigenvalue weighted by Gasteiger charge is 2.32. The van der Waals surface area contributed by atoms with E-state index < -0.39 is 27.5 Å². The Bertz CT molecular complexity index is 1440. The minimum Gasteiger partial charge on any atom is -0.408 e. The summed E-state index contributed by atoms with van der Waals surface area (Å²) in [5.41, 5.74) is 0.642. The molecule has 0 radical (unpaired) electrons. The van der Waals surface area contributed by atoms with Crippen LogP contribution in [0.1, 0.15) is 15.9 Å². The van der Waals surface area contributed by atoms with E-state index in [9.17, 15) is 22.4 Å². The average Bonchev–Trinajstić information content (AvgIpc) is 3.05. The molecule has 1 amide bonds. The van der Waals surface area contributed by atoms with Crippen LogP contribution in [0.15, 0.2) is 86.9 Å². The quantitative estimate of drug-likeness (QED) is 0.475. The molecule has 0 aliphatic carbocycles. The van der Waals surface area contributed by atoms with Gasteiger partial charge in [-0.25, -0.2) is 21.9 Å². The van der Waals surface area contributed by atoms with Crippen molar-refractivity contribution in [2.45, 2.75) is 11.4 Å². The number of amides is 1. The monoisotopic (exact) mass is 440 g/mol. The Hall–Kier alpha value is -3.72. The standard InChI is InChI=1S/C22H17FN2O5S/c1-24-19-12-11-16(13-20(19)30-22(24)27)31(28,29)25(14-15-7-3-2-4-8-15)21(26)17-9-5-6-10-18(17)23/h2-13H,14H2,1H3. The normalized spacial score (nSPS) is 11.5. The lowest BCUT2D eigenvalue weighted by Gasteiger charge is -2.23. The van der Waals surface area contributed by atoms with E-state index in [1.54, 1.807) is 30.3 Å². The van der Waals surface area contributed by atoms with Crippen LogP contribution >= 0.6 is 0 Å². The van der Waals surface area contributed by atoms with Gasteiger partial charge in [0.1, 0.15) is 5.82 Å². The van der Waals surface area contributed by atoms with Crippen molar-refractivity contribution in [1.29, 1.82) is 0 Å². The number of fused-ring (bicyclic) bond motifs is 1. The molecule has 9 heteroatoms. The molecule has 31 heavy (non-hydrogen) atoms. The molecule has 0 bridgehead atoms.